The topological polar surface area (TPSA) is 113 Å². The predicted octanol–water partition coefficient (Wildman–Crippen LogP) is 2.37. The van der Waals surface area contributed by atoms with Crippen LogP contribution in [0.4, 0.5) is 5.69 Å². The van der Waals surface area contributed by atoms with Crippen molar-refractivity contribution in [3.8, 4) is 0 Å². The Hall–Kier alpha value is -3.10. The van der Waals surface area contributed by atoms with E-state index < -0.39 is 22.4 Å². The Labute approximate surface area is 167 Å². The van der Waals surface area contributed by atoms with Gasteiger partial charge in [0.25, 0.3) is 5.91 Å². The van der Waals surface area contributed by atoms with Crippen molar-refractivity contribution in [2.45, 2.75) is 45.8 Å². The highest BCUT2D eigenvalue weighted by Crippen LogP contribution is 2.65. The van der Waals surface area contributed by atoms with Crippen molar-refractivity contribution < 1.29 is 28.3 Å². The van der Waals surface area contributed by atoms with E-state index in [1.807, 2.05) is 20.8 Å². The number of esters is 2. The number of amides is 1. The molecule has 29 heavy (non-hydrogen) atoms. The highest BCUT2D eigenvalue weighted by atomic mass is 16.6. The fourth-order valence-electron chi connectivity index (χ4n) is 4.33. The van der Waals surface area contributed by atoms with Gasteiger partial charge in [-0.25, -0.2) is 4.79 Å². The minimum absolute atomic E-state index is 0.108. The molecule has 1 N–H and O–H groups in total. The van der Waals surface area contributed by atoms with Crippen LogP contribution >= 0.6 is 0 Å². The number of hydrogen-bond acceptors (Lipinski definition) is 7. The average Bonchev–Trinajstić information content (AvgIpc) is 3.39. The fourth-order valence-corrected chi connectivity index (χ4v) is 4.33. The van der Waals surface area contributed by atoms with E-state index in [1.54, 1.807) is 16.9 Å². The van der Waals surface area contributed by atoms with Crippen LogP contribution in [0.25, 0.3) is 0 Å². The molecule has 1 aliphatic carbocycles. The van der Waals surface area contributed by atoms with Crippen molar-refractivity contribution in [1.29, 1.82) is 0 Å². The monoisotopic (exact) mass is 401 g/mol. The van der Waals surface area contributed by atoms with Crippen molar-refractivity contribution >= 4 is 23.5 Å². The van der Waals surface area contributed by atoms with E-state index in [1.165, 1.54) is 19.4 Å². The standard InChI is InChI=1S/C20H23N3O6/c1-18(2)19(3)7-8-20(18,29-17(19)26)16(25)22-12-9-21-23(10-12)11-13-5-6-14(28-13)15(24)27-4/h5-6,9-10H,7-8,11H2,1-4H3,(H,22,25)/t19-,20+/m0/s1. The Kier molecular flexibility index (Phi) is 4.11. The summed E-state index contributed by atoms with van der Waals surface area (Å²) in [4.78, 5) is 36.9. The molecule has 2 aromatic rings. The Morgan fingerprint density at radius 2 is 2.03 bits per heavy atom. The minimum atomic E-state index is -1.18. The third-order valence-electron chi connectivity index (χ3n) is 6.71. The molecule has 1 saturated heterocycles. The number of aromatic nitrogens is 2. The first-order valence-electron chi connectivity index (χ1n) is 9.37. The minimum Gasteiger partial charge on any atom is -0.463 e. The van der Waals surface area contributed by atoms with Crippen molar-refractivity contribution in [3.63, 3.8) is 0 Å². The van der Waals surface area contributed by atoms with Gasteiger partial charge in [0.2, 0.25) is 5.76 Å². The maximum atomic E-state index is 13.1. The van der Waals surface area contributed by atoms with Crippen LogP contribution in [0, 0.1) is 10.8 Å². The van der Waals surface area contributed by atoms with Crippen LogP contribution in [0.3, 0.4) is 0 Å². The van der Waals surface area contributed by atoms with Crippen molar-refractivity contribution in [2.75, 3.05) is 12.4 Å². The lowest BCUT2D eigenvalue weighted by molar-refractivity contribution is -0.165. The van der Waals surface area contributed by atoms with Gasteiger partial charge < -0.3 is 19.2 Å². The summed E-state index contributed by atoms with van der Waals surface area (Å²) in [5.41, 5.74) is -1.98. The van der Waals surface area contributed by atoms with Gasteiger partial charge in [0.1, 0.15) is 5.76 Å². The molecular weight excluding hydrogens is 378 g/mol. The van der Waals surface area contributed by atoms with Crippen LogP contribution in [-0.4, -0.2) is 40.3 Å². The second-order valence-corrected chi connectivity index (χ2v) is 8.31. The molecule has 9 heteroatoms. The summed E-state index contributed by atoms with van der Waals surface area (Å²) in [5.74, 6) is -0.595. The van der Waals surface area contributed by atoms with Gasteiger partial charge in [-0.2, -0.15) is 5.10 Å². The molecule has 3 heterocycles. The summed E-state index contributed by atoms with van der Waals surface area (Å²) in [6.07, 6.45) is 4.26. The summed E-state index contributed by atoms with van der Waals surface area (Å²) in [6, 6.07) is 3.19. The summed E-state index contributed by atoms with van der Waals surface area (Å²) in [6.45, 7) is 5.95. The quantitative estimate of drug-likeness (QED) is 0.765. The van der Waals surface area contributed by atoms with Crippen molar-refractivity contribution in [2.24, 2.45) is 10.8 Å². The molecule has 0 spiro atoms. The molecule has 2 atom stereocenters. The number of furan rings is 1. The van der Waals surface area contributed by atoms with Crippen LogP contribution in [-0.2, 0) is 25.6 Å². The molecule has 1 amide bonds. The molecule has 1 aliphatic heterocycles. The molecule has 2 aromatic heterocycles. The molecule has 2 fully saturated rings. The molecule has 0 radical (unpaired) electrons. The SMILES string of the molecule is COC(=O)c1ccc(Cn2cc(NC(=O)[C@@]34CC[C@@](C)(C(=O)O3)C4(C)C)cn2)o1. The first-order valence-corrected chi connectivity index (χ1v) is 9.37. The zero-order valence-electron chi connectivity index (χ0n) is 16.8. The average molecular weight is 401 g/mol. The summed E-state index contributed by atoms with van der Waals surface area (Å²) < 4.78 is 17.2. The molecule has 9 nitrogen and oxygen atoms in total. The van der Waals surface area contributed by atoms with Crippen LogP contribution in [0.1, 0.15) is 49.9 Å². The normalized spacial score (nSPS) is 27.0. The van der Waals surface area contributed by atoms with Crippen molar-refractivity contribution in [3.05, 3.63) is 36.0 Å². The fraction of sp³-hybridized carbons (Fsp3) is 0.500. The van der Waals surface area contributed by atoms with Gasteiger partial charge in [0, 0.05) is 11.6 Å². The number of rotatable bonds is 5. The second kappa shape index (κ2) is 6.20. The number of methoxy groups -OCH3 is 1. The number of carbonyl (C=O) groups is 3. The van der Waals surface area contributed by atoms with Crippen LogP contribution in [0.2, 0.25) is 0 Å². The van der Waals surface area contributed by atoms with Crippen LogP contribution < -0.4 is 5.32 Å². The van der Waals surface area contributed by atoms with Crippen LogP contribution in [0.5, 0.6) is 0 Å². The van der Waals surface area contributed by atoms with Gasteiger partial charge in [-0.1, -0.05) is 13.8 Å². The Morgan fingerprint density at radius 1 is 1.28 bits per heavy atom. The van der Waals surface area contributed by atoms with E-state index >= 15 is 0 Å². The second-order valence-electron chi connectivity index (χ2n) is 8.31. The number of hydrogen-bond donors (Lipinski definition) is 1. The highest BCUT2D eigenvalue weighted by molar-refractivity contribution is 6.03. The zero-order valence-corrected chi connectivity index (χ0v) is 16.8. The molecule has 2 aliphatic rings. The number of anilines is 1. The number of fused-ring (bicyclic) bond motifs is 2. The Bertz CT molecular complexity index is 1010. The largest absolute Gasteiger partial charge is 0.463 e. The molecular formula is C20H23N3O6. The maximum absolute atomic E-state index is 13.1. The van der Waals surface area contributed by atoms with E-state index in [0.717, 1.165) is 0 Å². The van der Waals surface area contributed by atoms with E-state index in [-0.39, 0.29) is 24.2 Å². The van der Waals surface area contributed by atoms with E-state index in [2.05, 4.69) is 15.2 Å². The molecule has 4 rings (SSSR count). The molecule has 0 aromatic carbocycles. The third kappa shape index (κ3) is 2.60. The summed E-state index contributed by atoms with van der Waals surface area (Å²) in [7, 11) is 1.28. The predicted molar refractivity (Wildman–Crippen MR) is 100.0 cm³/mol. The highest BCUT2D eigenvalue weighted by Gasteiger charge is 2.75. The molecule has 154 valence electrons. The van der Waals surface area contributed by atoms with Crippen LogP contribution in [0.15, 0.2) is 28.9 Å². The van der Waals surface area contributed by atoms with Gasteiger partial charge in [0.15, 0.2) is 5.60 Å². The lowest BCUT2D eigenvalue weighted by Crippen LogP contribution is -2.50. The van der Waals surface area contributed by atoms with Gasteiger partial charge >= 0.3 is 11.9 Å². The maximum Gasteiger partial charge on any atom is 0.373 e. The first-order chi connectivity index (χ1) is 13.6. The summed E-state index contributed by atoms with van der Waals surface area (Å²) >= 11 is 0. The van der Waals surface area contributed by atoms with E-state index in [4.69, 9.17) is 9.15 Å². The third-order valence-corrected chi connectivity index (χ3v) is 6.71. The van der Waals surface area contributed by atoms with Gasteiger partial charge in [-0.15, -0.1) is 0 Å². The van der Waals surface area contributed by atoms with Gasteiger partial charge in [-0.05, 0) is 31.9 Å². The molecule has 1 saturated carbocycles. The zero-order chi connectivity index (χ0) is 21.0. The first kappa shape index (κ1) is 19.2. The van der Waals surface area contributed by atoms with E-state index in [0.29, 0.717) is 24.3 Å². The number of nitrogens with one attached hydrogen (secondary N) is 1. The van der Waals surface area contributed by atoms with E-state index in [9.17, 15) is 14.4 Å². The number of nitrogens with zero attached hydrogens (tertiary/aromatic N) is 2. The Balaban J connectivity index is 1.47. The number of ether oxygens (including phenoxy) is 2. The molecule has 2 bridgehead atoms. The lowest BCUT2D eigenvalue weighted by Gasteiger charge is -2.35. The molecule has 0 unspecified atom stereocenters. The summed E-state index contributed by atoms with van der Waals surface area (Å²) in [5, 5.41) is 7.04. The Morgan fingerprint density at radius 3 is 2.66 bits per heavy atom. The van der Waals surface area contributed by atoms with Gasteiger partial charge in [-0.3, -0.25) is 14.3 Å². The smallest absolute Gasteiger partial charge is 0.373 e. The van der Waals surface area contributed by atoms with Gasteiger partial charge in [0.05, 0.1) is 31.0 Å². The van der Waals surface area contributed by atoms with Crippen molar-refractivity contribution in [1.82, 2.24) is 9.78 Å². The number of carbonyl (C=O) groups excluding carboxylic acids is 3. The lowest BCUT2D eigenvalue weighted by atomic mass is 9.66.